The second-order valence-electron chi connectivity index (χ2n) is 4.20. The highest BCUT2D eigenvalue weighted by atomic mass is 79.9. The summed E-state index contributed by atoms with van der Waals surface area (Å²) in [7, 11) is 3.29. The molecule has 2 rings (SSSR count). The summed E-state index contributed by atoms with van der Waals surface area (Å²) in [6.45, 7) is 4.49. The molecule has 1 heterocycles. The molecule has 0 radical (unpaired) electrons. The average Bonchev–Trinajstić information content (AvgIpc) is 2.41. The predicted molar refractivity (Wildman–Crippen MR) is 73.5 cm³/mol. The molecule has 1 N–H and O–H groups in total. The molecule has 5 heteroatoms. The van der Waals surface area contributed by atoms with Gasteiger partial charge in [0, 0.05) is 18.7 Å². The van der Waals surface area contributed by atoms with E-state index >= 15 is 0 Å². The number of hydrogen-bond donors (Lipinski definition) is 1. The van der Waals surface area contributed by atoms with Crippen molar-refractivity contribution >= 4 is 15.9 Å². The van der Waals surface area contributed by atoms with Gasteiger partial charge >= 0.3 is 0 Å². The van der Waals surface area contributed by atoms with E-state index in [0.29, 0.717) is 0 Å². The van der Waals surface area contributed by atoms with Crippen LogP contribution in [0.1, 0.15) is 17.2 Å². The maximum Gasteiger partial charge on any atom is 0.175 e. The number of rotatable bonds is 3. The van der Waals surface area contributed by atoms with Gasteiger partial charge in [0.15, 0.2) is 11.5 Å². The van der Waals surface area contributed by atoms with Crippen LogP contribution in [0.4, 0.5) is 0 Å². The molecular formula is C13H18BrNO3. The molecule has 0 amide bonds. The van der Waals surface area contributed by atoms with E-state index in [2.05, 4.69) is 21.2 Å². The van der Waals surface area contributed by atoms with Crippen molar-refractivity contribution in [2.24, 2.45) is 0 Å². The zero-order chi connectivity index (χ0) is 13.1. The van der Waals surface area contributed by atoms with Crippen LogP contribution in [0.25, 0.3) is 0 Å². The van der Waals surface area contributed by atoms with Crippen LogP contribution in [0.15, 0.2) is 10.5 Å². The van der Waals surface area contributed by atoms with E-state index < -0.39 is 0 Å². The molecule has 4 nitrogen and oxygen atoms in total. The minimum Gasteiger partial charge on any atom is -0.493 e. The van der Waals surface area contributed by atoms with Crippen LogP contribution < -0.4 is 14.8 Å². The second-order valence-corrected chi connectivity index (χ2v) is 5.06. The first-order chi connectivity index (χ1) is 8.69. The first kappa shape index (κ1) is 13.6. The molecule has 100 valence electrons. The molecule has 1 unspecified atom stereocenters. The van der Waals surface area contributed by atoms with Gasteiger partial charge < -0.3 is 19.5 Å². The minimum absolute atomic E-state index is 0.0647. The fraction of sp³-hybridized carbons (Fsp3) is 0.538. The molecule has 0 saturated carbocycles. The van der Waals surface area contributed by atoms with Crippen molar-refractivity contribution in [1.82, 2.24) is 5.32 Å². The lowest BCUT2D eigenvalue weighted by Gasteiger charge is -2.27. The van der Waals surface area contributed by atoms with Gasteiger partial charge in [0.05, 0.1) is 31.4 Å². The fourth-order valence-corrected chi connectivity index (χ4v) is 2.84. The normalized spacial score (nSPS) is 19.7. The van der Waals surface area contributed by atoms with Gasteiger partial charge in [-0.25, -0.2) is 0 Å². The van der Waals surface area contributed by atoms with Crippen molar-refractivity contribution in [2.45, 2.75) is 13.0 Å². The van der Waals surface area contributed by atoms with Gasteiger partial charge in [0.2, 0.25) is 0 Å². The van der Waals surface area contributed by atoms with Crippen LogP contribution in [0.2, 0.25) is 0 Å². The highest BCUT2D eigenvalue weighted by Crippen LogP contribution is 2.42. The summed E-state index contributed by atoms with van der Waals surface area (Å²) >= 11 is 3.52. The Morgan fingerprint density at radius 1 is 1.33 bits per heavy atom. The van der Waals surface area contributed by atoms with Crippen molar-refractivity contribution in [1.29, 1.82) is 0 Å². The summed E-state index contributed by atoms with van der Waals surface area (Å²) < 4.78 is 17.5. The monoisotopic (exact) mass is 315 g/mol. The molecule has 18 heavy (non-hydrogen) atoms. The van der Waals surface area contributed by atoms with Crippen LogP contribution in [-0.4, -0.2) is 33.9 Å². The van der Waals surface area contributed by atoms with Gasteiger partial charge in [-0.2, -0.15) is 0 Å². The fourth-order valence-electron chi connectivity index (χ4n) is 2.26. The highest BCUT2D eigenvalue weighted by molar-refractivity contribution is 9.10. The zero-order valence-corrected chi connectivity index (χ0v) is 12.5. The van der Waals surface area contributed by atoms with Crippen LogP contribution in [0, 0.1) is 6.92 Å². The zero-order valence-electron chi connectivity index (χ0n) is 10.9. The van der Waals surface area contributed by atoms with Crippen molar-refractivity contribution in [3.8, 4) is 11.5 Å². The first-order valence-electron chi connectivity index (χ1n) is 5.92. The lowest BCUT2D eigenvalue weighted by atomic mass is 10.0. The molecule has 1 saturated heterocycles. The number of halogens is 1. The van der Waals surface area contributed by atoms with E-state index in [1.165, 1.54) is 0 Å². The van der Waals surface area contributed by atoms with Gasteiger partial charge in [-0.15, -0.1) is 0 Å². The largest absolute Gasteiger partial charge is 0.493 e. The summed E-state index contributed by atoms with van der Waals surface area (Å²) in [6, 6.07) is 2.05. The quantitative estimate of drug-likeness (QED) is 0.930. The van der Waals surface area contributed by atoms with E-state index in [0.717, 1.165) is 46.8 Å². The SMILES string of the molecule is COc1c(Br)cc(C2CNCCO2)c(C)c1OC. The summed E-state index contributed by atoms with van der Waals surface area (Å²) in [4.78, 5) is 0. The molecule has 1 aliphatic rings. The van der Waals surface area contributed by atoms with E-state index in [1.54, 1.807) is 14.2 Å². The standard InChI is InChI=1S/C13H18BrNO3/c1-8-9(11-7-15-4-5-18-11)6-10(14)13(17-3)12(8)16-2/h6,11,15H,4-5,7H2,1-3H3. The minimum atomic E-state index is 0.0647. The molecule has 0 aliphatic carbocycles. The van der Waals surface area contributed by atoms with Crippen LogP contribution in [0.5, 0.6) is 11.5 Å². The number of hydrogen-bond acceptors (Lipinski definition) is 4. The summed E-state index contributed by atoms with van der Waals surface area (Å²) in [5.41, 5.74) is 2.19. The van der Waals surface area contributed by atoms with E-state index in [9.17, 15) is 0 Å². The lowest BCUT2D eigenvalue weighted by Crippen LogP contribution is -2.33. The van der Waals surface area contributed by atoms with Crippen molar-refractivity contribution < 1.29 is 14.2 Å². The maximum atomic E-state index is 5.79. The Kier molecular flexibility index (Phi) is 4.48. The van der Waals surface area contributed by atoms with Gasteiger partial charge in [-0.1, -0.05) is 0 Å². The third-order valence-corrected chi connectivity index (χ3v) is 3.75. The van der Waals surface area contributed by atoms with Gasteiger partial charge in [-0.05, 0) is 34.5 Å². The molecule has 1 atom stereocenters. The van der Waals surface area contributed by atoms with Gasteiger partial charge in [-0.3, -0.25) is 0 Å². The van der Waals surface area contributed by atoms with Crippen molar-refractivity contribution in [3.05, 3.63) is 21.7 Å². The highest BCUT2D eigenvalue weighted by Gasteiger charge is 2.23. The van der Waals surface area contributed by atoms with Crippen LogP contribution >= 0.6 is 15.9 Å². The lowest BCUT2D eigenvalue weighted by molar-refractivity contribution is 0.0271. The molecule has 1 aromatic rings. The number of nitrogens with one attached hydrogen (secondary N) is 1. The first-order valence-corrected chi connectivity index (χ1v) is 6.71. The van der Waals surface area contributed by atoms with E-state index in [1.807, 2.05) is 13.0 Å². The van der Waals surface area contributed by atoms with E-state index in [4.69, 9.17) is 14.2 Å². The Morgan fingerprint density at radius 2 is 2.06 bits per heavy atom. The van der Waals surface area contributed by atoms with Gasteiger partial charge in [0.25, 0.3) is 0 Å². The Balaban J connectivity index is 2.44. The molecule has 1 aliphatic heterocycles. The molecule has 0 spiro atoms. The van der Waals surface area contributed by atoms with Crippen LogP contribution in [0.3, 0.4) is 0 Å². The Morgan fingerprint density at radius 3 is 2.61 bits per heavy atom. The summed E-state index contributed by atoms with van der Waals surface area (Å²) in [5.74, 6) is 1.48. The molecule has 0 aromatic heterocycles. The maximum absolute atomic E-state index is 5.79. The smallest absolute Gasteiger partial charge is 0.175 e. The number of ether oxygens (including phenoxy) is 3. The number of morpholine rings is 1. The average molecular weight is 316 g/mol. The number of methoxy groups -OCH3 is 2. The third kappa shape index (κ3) is 2.48. The summed E-state index contributed by atoms with van der Waals surface area (Å²) in [5, 5.41) is 3.33. The number of benzene rings is 1. The Hall–Kier alpha value is -0.780. The summed E-state index contributed by atoms with van der Waals surface area (Å²) in [6.07, 6.45) is 0.0647. The predicted octanol–water partition coefficient (Wildman–Crippen LogP) is 2.44. The van der Waals surface area contributed by atoms with E-state index in [-0.39, 0.29) is 6.10 Å². The van der Waals surface area contributed by atoms with Crippen molar-refractivity contribution in [2.75, 3.05) is 33.9 Å². The second kappa shape index (κ2) is 5.91. The third-order valence-electron chi connectivity index (χ3n) is 3.16. The molecule has 0 bridgehead atoms. The molecular weight excluding hydrogens is 298 g/mol. The molecule has 1 fully saturated rings. The van der Waals surface area contributed by atoms with Crippen molar-refractivity contribution in [3.63, 3.8) is 0 Å². The molecule has 1 aromatic carbocycles. The topological polar surface area (TPSA) is 39.7 Å². The Labute approximate surface area is 116 Å². The van der Waals surface area contributed by atoms with Crippen LogP contribution in [-0.2, 0) is 4.74 Å². The van der Waals surface area contributed by atoms with Gasteiger partial charge in [0.1, 0.15) is 0 Å². The Bertz CT molecular complexity index is 431.